The molecule has 1 heterocycles. The van der Waals surface area contributed by atoms with Crippen molar-refractivity contribution in [2.75, 3.05) is 32.8 Å². The summed E-state index contributed by atoms with van der Waals surface area (Å²) in [6.45, 7) is 3.66. The number of aliphatic carboxylic acids is 1. The van der Waals surface area contributed by atoms with Gasteiger partial charge >= 0.3 is 11.9 Å². The van der Waals surface area contributed by atoms with E-state index in [2.05, 4.69) is 4.72 Å². The number of hydrogen-bond donors (Lipinski definition) is 2. The number of nitrogens with one attached hydrogen (secondary N) is 1. The zero-order valence-corrected chi connectivity index (χ0v) is 20.3. The van der Waals surface area contributed by atoms with Crippen molar-refractivity contribution in [3.05, 3.63) is 64.2 Å². The monoisotopic (exact) mass is 521 g/mol. The van der Waals surface area contributed by atoms with Crippen LogP contribution in [-0.2, 0) is 24.3 Å². The van der Waals surface area contributed by atoms with Crippen molar-refractivity contribution in [1.82, 2.24) is 9.62 Å². The van der Waals surface area contributed by atoms with Gasteiger partial charge in [0.25, 0.3) is 5.69 Å². The normalized spacial score (nSPS) is 16.1. The molecule has 2 aromatic rings. The van der Waals surface area contributed by atoms with E-state index >= 15 is 0 Å². The number of morpholine rings is 1. The van der Waals surface area contributed by atoms with Crippen LogP contribution in [0.3, 0.4) is 0 Å². The molecule has 1 aliphatic rings. The standard InChI is InChI=1S/C23H27N3O9S/c1-2-20(16-3-5-17(6-4-16)26(30)31)23(29)35-18-7-9-19(10-8-18)36(32,33)24-21(22(27)28)15-25-11-13-34-14-12-25/h3-10,20-21,24H,2,11-15H2,1H3,(H,27,28). The van der Waals surface area contributed by atoms with Crippen LogP contribution in [0.25, 0.3) is 0 Å². The van der Waals surface area contributed by atoms with Gasteiger partial charge in [0.1, 0.15) is 11.8 Å². The number of nitro groups is 1. The van der Waals surface area contributed by atoms with Crippen molar-refractivity contribution in [1.29, 1.82) is 0 Å². The number of nitro benzene ring substituents is 1. The predicted octanol–water partition coefficient (Wildman–Crippen LogP) is 1.76. The highest BCUT2D eigenvalue weighted by molar-refractivity contribution is 7.89. The summed E-state index contributed by atoms with van der Waals surface area (Å²) in [7, 11) is -4.16. The molecule has 36 heavy (non-hydrogen) atoms. The van der Waals surface area contributed by atoms with Gasteiger partial charge in [0, 0.05) is 31.8 Å². The summed E-state index contributed by atoms with van der Waals surface area (Å²) >= 11 is 0. The molecule has 0 saturated carbocycles. The number of non-ortho nitro benzene ring substituents is 1. The SMILES string of the molecule is CCC(C(=O)Oc1ccc(S(=O)(=O)NC(CN2CCOCC2)C(=O)O)cc1)c1ccc([N+](=O)[O-])cc1. The van der Waals surface area contributed by atoms with Gasteiger partial charge in [-0.25, -0.2) is 8.42 Å². The molecule has 2 unspecified atom stereocenters. The highest BCUT2D eigenvalue weighted by Crippen LogP contribution is 2.25. The zero-order chi connectivity index (χ0) is 26.3. The van der Waals surface area contributed by atoms with Gasteiger partial charge in [-0.1, -0.05) is 19.1 Å². The number of ether oxygens (including phenoxy) is 2. The molecule has 13 heteroatoms. The van der Waals surface area contributed by atoms with Gasteiger partial charge in [0.2, 0.25) is 10.0 Å². The number of carbonyl (C=O) groups is 2. The van der Waals surface area contributed by atoms with E-state index in [1.54, 1.807) is 6.92 Å². The second kappa shape index (κ2) is 12.0. The first kappa shape index (κ1) is 27.2. The number of carboxylic acid groups (broad SMARTS) is 1. The van der Waals surface area contributed by atoms with Crippen LogP contribution in [0.1, 0.15) is 24.8 Å². The zero-order valence-electron chi connectivity index (χ0n) is 19.5. The average molecular weight is 522 g/mol. The van der Waals surface area contributed by atoms with E-state index in [0.29, 0.717) is 38.3 Å². The molecule has 0 spiro atoms. The van der Waals surface area contributed by atoms with E-state index in [1.165, 1.54) is 48.5 Å². The van der Waals surface area contributed by atoms with Gasteiger partial charge < -0.3 is 14.6 Å². The van der Waals surface area contributed by atoms with Crippen molar-refractivity contribution in [2.24, 2.45) is 0 Å². The highest BCUT2D eigenvalue weighted by atomic mass is 32.2. The van der Waals surface area contributed by atoms with E-state index in [0.717, 1.165) is 0 Å². The maximum Gasteiger partial charge on any atom is 0.323 e. The van der Waals surface area contributed by atoms with Gasteiger partial charge in [-0.15, -0.1) is 0 Å². The number of nitrogens with zero attached hydrogens (tertiary/aromatic N) is 2. The van der Waals surface area contributed by atoms with Crippen molar-refractivity contribution in [2.45, 2.75) is 30.2 Å². The van der Waals surface area contributed by atoms with Gasteiger partial charge in [-0.05, 0) is 36.2 Å². The third kappa shape index (κ3) is 7.07. The van der Waals surface area contributed by atoms with Crippen LogP contribution < -0.4 is 9.46 Å². The van der Waals surface area contributed by atoms with E-state index < -0.39 is 38.8 Å². The molecule has 12 nitrogen and oxygen atoms in total. The number of sulfonamides is 1. The van der Waals surface area contributed by atoms with Crippen LogP contribution in [0, 0.1) is 10.1 Å². The lowest BCUT2D eigenvalue weighted by molar-refractivity contribution is -0.384. The van der Waals surface area contributed by atoms with Crippen LogP contribution in [0.2, 0.25) is 0 Å². The summed E-state index contributed by atoms with van der Waals surface area (Å²) in [5.41, 5.74) is 0.457. The second-order valence-electron chi connectivity index (χ2n) is 8.13. The Bertz CT molecular complexity index is 1180. The third-order valence-electron chi connectivity index (χ3n) is 5.69. The maximum atomic E-state index is 12.8. The fourth-order valence-electron chi connectivity index (χ4n) is 3.70. The molecule has 3 rings (SSSR count). The lowest BCUT2D eigenvalue weighted by Crippen LogP contribution is -2.50. The first-order valence-corrected chi connectivity index (χ1v) is 12.7. The molecule has 0 aliphatic carbocycles. The van der Waals surface area contributed by atoms with E-state index in [-0.39, 0.29) is 22.9 Å². The Morgan fingerprint density at radius 3 is 2.28 bits per heavy atom. The van der Waals surface area contributed by atoms with Crippen LogP contribution in [0.4, 0.5) is 5.69 Å². The summed E-state index contributed by atoms with van der Waals surface area (Å²) in [5.74, 6) is -2.47. The molecule has 2 atom stereocenters. The Hall–Kier alpha value is -3.39. The molecule has 2 N–H and O–H groups in total. The van der Waals surface area contributed by atoms with Crippen LogP contribution >= 0.6 is 0 Å². The van der Waals surface area contributed by atoms with Gasteiger partial charge in [-0.3, -0.25) is 24.6 Å². The lowest BCUT2D eigenvalue weighted by atomic mass is 9.96. The third-order valence-corrected chi connectivity index (χ3v) is 7.18. The number of carboxylic acids is 1. The molecule has 0 amide bonds. The maximum absolute atomic E-state index is 12.8. The van der Waals surface area contributed by atoms with E-state index in [4.69, 9.17) is 9.47 Å². The summed E-state index contributed by atoms with van der Waals surface area (Å²) in [6, 6.07) is 9.27. The molecule has 1 saturated heterocycles. The smallest absolute Gasteiger partial charge is 0.323 e. The fourth-order valence-corrected chi connectivity index (χ4v) is 4.88. The Morgan fingerprint density at radius 2 is 1.75 bits per heavy atom. The lowest BCUT2D eigenvalue weighted by Gasteiger charge is -2.29. The minimum atomic E-state index is -4.16. The number of esters is 1. The highest BCUT2D eigenvalue weighted by Gasteiger charge is 2.28. The molecule has 1 aliphatic heterocycles. The summed E-state index contributed by atoms with van der Waals surface area (Å²) < 4.78 is 38.3. The minimum absolute atomic E-state index is 0.00529. The number of rotatable bonds is 11. The molecular formula is C23H27N3O9S. The summed E-state index contributed by atoms with van der Waals surface area (Å²) in [4.78, 5) is 36.3. The first-order valence-electron chi connectivity index (χ1n) is 11.2. The Kier molecular flexibility index (Phi) is 9.09. The fraction of sp³-hybridized carbons (Fsp3) is 0.391. The Morgan fingerprint density at radius 1 is 1.14 bits per heavy atom. The predicted molar refractivity (Wildman–Crippen MR) is 127 cm³/mol. The van der Waals surface area contributed by atoms with E-state index in [1.807, 2.05) is 4.90 Å². The number of benzene rings is 2. The first-order chi connectivity index (χ1) is 17.1. The van der Waals surface area contributed by atoms with Crippen LogP contribution in [-0.4, -0.2) is 74.2 Å². The Balaban J connectivity index is 1.66. The second-order valence-corrected chi connectivity index (χ2v) is 9.84. The largest absolute Gasteiger partial charge is 0.480 e. The van der Waals surface area contributed by atoms with Crippen molar-refractivity contribution < 1.29 is 37.5 Å². The van der Waals surface area contributed by atoms with Crippen LogP contribution in [0.5, 0.6) is 5.75 Å². The summed E-state index contributed by atoms with van der Waals surface area (Å²) in [5, 5.41) is 20.3. The minimum Gasteiger partial charge on any atom is -0.480 e. The van der Waals surface area contributed by atoms with Gasteiger partial charge in [-0.2, -0.15) is 4.72 Å². The molecule has 1 fully saturated rings. The molecular weight excluding hydrogens is 494 g/mol. The quantitative estimate of drug-likeness (QED) is 0.193. The molecule has 0 radical (unpaired) electrons. The van der Waals surface area contributed by atoms with Gasteiger partial charge in [0.05, 0.1) is 29.0 Å². The van der Waals surface area contributed by atoms with E-state index in [9.17, 15) is 33.2 Å². The number of carbonyl (C=O) groups excluding carboxylic acids is 1. The Labute approximate surface area is 208 Å². The molecule has 0 aromatic heterocycles. The average Bonchev–Trinajstić information content (AvgIpc) is 2.85. The van der Waals surface area contributed by atoms with Crippen molar-refractivity contribution in [3.63, 3.8) is 0 Å². The number of hydrogen-bond acceptors (Lipinski definition) is 9. The summed E-state index contributed by atoms with van der Waals surface area (Å²) in [6.07, 6.45) is 0.382. The molecule has 194 valence electrons. The van der Waals surface area contributed by atoms with Gasteiger partial charge in [0.15, 0.2) is 0 Å². The topological polar surface area (TPSA) is 165 Å². The molecule has 0 bridgehead atoms. The van der Waals surface area contributed by atoms with Crippen molar-refractivity contribution in [3.8, 4) is 5.75 Å². The van der Waals surface area contributed by atoms with Crippen LogP contribution in [0.15, 0.2) is 53.4 Å². The molecule has 2 aromatic carbocycles. The van der Waals surface area contributed by atoms with Crippen molar-refractivity contribution >= 4 is 27.6 Å².